The van der Waals surface area contributed by atoms with Crippen molar-refractivity contribution in [2.75, 3.05) is 63.2 Å². The van der Waals surface area contributed by atoms with Gasteiger partial charge in [-0.1, -0.05) is 0 Å². The third-order valence-corrected chi connectivity index (χ3v) is 8.44. The Bertz CT molecular complexity index is 975. The Morgan fingerprint density at radius 1 is 1.09 bits per heavy atom. The molecule has 2 fully saturated rings. The Labute approximate surface area is 190 Å². The zero-order chi connectivity index (χ0) is 22.9. The van der Waals surface area contributed by atoms with Crippen LogP contribution in [0.5, 0.6) is 0 Å². The van der Waals surface area contributed by atoms with Crippen molar-refractivity contribution in [3.63, 3.8) is 0 Å². The first-order valence-corrected chi connectivity index (χ1v) is 12.9. The Balaban J connectivity index is 1.58. The van der Waals surface area contributed by atoms with Crippen molar-refractivity contribution in [1.82, 2.24) is 14.5 Å². The molecule has 2 amide bonds. The molecule has 0 aliphatic carbocycles. The van der Waals surface area contributed by atoms with E-state index in [2.05, 4.69) is 15.1 Å². The highest BCUT2D eigenvalue weighted by Crippen LogP contribution is 2.40. The summed E-state index contributed by atoms with van der Waals surface area (Å²) in [5, 5.41) is 2.93. The minimum absolute atomic E-state index is 0.109. The molecule has 9 nitrogen and oxygen atoms in total. The number of nitrogens with zero attached hydrogens (tertiary/aromatic N) is 4. The quantitative estimate of drug-likeness (QED) is 0.645. The minimum Gasteiger partial charge on any atom is -0.358 e. The molecule has 1 N–H and O–H groups in total. The first-order valence-electron chi connectivity index (χ1n) is 11.4. The summed E-state index contributed by atoms with van der Waals surface area (Å²) in [6.07, 6.45) is 5.08. The van der Waals surface area contributed by atoms with Crippen LogP contribution in [0.3, 0.4) is 0 Å². The lowest BCUT2D eigenvalue weighted by Crippen LogP contribution is -2.57. The van der Waals surface area contributed by atoms with E-state index in [4.69, 9.17) is 0 Å². The van der Waals surface area contributed by atoms with E-state index in [1.165, 1.54) is 37.9 Å². The summed E-state index contributed by atoms with van der Waals surface area (Å²) in [6.45, 7) is 4.11. The normalized spacial score (nSPS) is 21.6. The number of benzene rings is 1. The van der Waals surface area contributed by atoms with Crippen LogP contribution < -0.4 is 15.1 Å². The summed E-state index contributed by atoms with van der Waals surface area (Å²) in [5.74, 6) is -0.361. The number of anilines is 2. The van der Waals surface area contributed by atoms with Crippen LogP contribution in [0.15, 0.2) is 23.1 Å². The van der Waals surface area contributed by atoms with Crippen LogP contribution in [-0.4, -0.2) is 88.8 Å². The first kappa shape index (κ1) is 23.0. The molecule has 0 unspecified atom stereocenters. The standard InChI is InChI=1S/C22H33N5O4S/c1-24(2)32(30,31)17-8-9-18-20(15-17)27(22(29)19-7-3-4-13-26(18)19)16-21(28)23-10-14-25-11-5-6-12-25/h8-9,15,19H,3-7,10-14,16H2,1-2H3,(H,23,28)/t19-/m1/s1. The van der Waals surface area contributed by atoms with Crippen LogP contribution in [0.25, 0.3) is 0 Å². The van der Waals surface area contributed by atoms with Gasteiger partial charge in [0.2, 0.25) is 21.8 Å². The lowest BCUT2D eigenvalue weighted by atomic mass is 9.96. The molecular weight excluding hydrogens is 430 g/mol. The van der Waals surface area contributed by atoms with Crippen molar-refractivity contribution < 1.29 is 18.0 Å². The number of carbonyl (C=O) groups is 2. The van der Waals surface area contributed by atoms with E-state index < -0.39 is 10.0 Å². The van der Waals surface area contributed by atoms with E-state index >= 15 is 0 Å². The number of piperidine rings is 1. The predicted molar refractivity (Wildman–Crippen MR) is 123 cm³/mol. The molecule has 1 atom stereocenters. The van der Waals surface area contributed by atoms with E-state index in [0.717, 1.165) is 55.4 Å². The van der Waals surface area contributed by atoms with Crippen molar-refractivity contribution in [2.24, 2.45) is 0 Å². The van der Waals surface area contributed by atoms with Crippen molar-refractivity contribution in [1.29, 1.82) is 0 Å². The van der Waals surface area contributed by atoms with E-state index in [1.54, 1.807) is 12.1 Å². The SMILES string of the molecule is CN(C)S(=O)(=O)c1ccc2c(c1)N(CC(=O)NCCN1CCCC1)C(=O)[C@H]1CCCCN21. The molecule has 3 aliphatic rings. The smallest absolute Gasteiger partial charge is 0.250 e. The second-order valence-electron chi connectivity index (χ2n) is 8.97. The molecule has 0 spiro atoms. The molecule has 0 bridgehead atoms. The Morgan fingerprint density at radius 2 is 1.81 bits per heavy atom. The lowest BCUT2D eigenvalue weighted by Gasteiger charge is -2.45. The number of sulfonamides is 1. The van der Waals surface area contributed by atoms with Crippen LogP contribution in [-0.2, 0) is 19.6 Å². The van der Waals surface area contributed by atoms with Gasteiger partial charge >= 0.3 is 0 Å². The van der Waals surface area contributed by atoms with E-state index in [-0.39, 0.29) is 29.3 Å². The predicted octanol–water partition coefficient (Wildman–Crippen LogP) is 0.854. The maximum atomic E-state index is 13.4. The molecule has 0 aromatic heterocycles. The highest BCUT2D eigenvalue weighted by atomic mass is 32.2. The van der Waals surface area contributed by atoms with Crippen LogP contribution in [0.2, 0.25) is 0 Å². The summed E-state index contributed by atoms with van der Waals surface area (Å²) in [6, 6.07) is 4.59. The van der Waals surface area contributed by atoms with Crippen molar-refractivity contribution >= 4 is 33.2 Å². The summed E-state index contributed by atoms with van der Waals surface area (Å²) in [7, 11) is -0.705. The van der Waals surface area contributed by atoms with E-state index in [1.807, 2.05) is 0 Å². The highest BCUT2D eigenvalue weighted by molar-refractivity contribution is 7.89. The second-order valence-corrected chi connectivity index (χ2v) is 11.1. The fraction of sp³-hybridized carbons (Fsp3) is 0.636. The molecule has 1 aromatic carbocycles. The van der Waals surface area contributed by atoms with Crippen molar-refractivity contribution in [2.45, 2.75) is 43.0 Å². The monoisotopic (exact) mass is 463 g/mol. The number of rotatable bonds is 7. The summed E-state index contributed by atoms with van der Waals surface area (Å²) in [5.41, 5.74) is 1.31. The van der Waals surface area contributed by atoms with Gasteiger partial charge in [-0.3, -0.25) is 14.5 Å². The van der Waals surface area contributed by atoms with Gasteiger partial charge in [0.15, 0.2) is 0 Å². The largest absolute Gasteiger partial charge is 0.358 e. The molecule has 1 aromatic rings. The van der Waals surface area contributed by atoms with Crippen LogP contribution in [0.1, 0.15) is 32.1 Å². The van der Waals surface area contributed by atoms with Gasteiger partial charge in [0, 0.05) is 33.7 Å². The molecular formula is C22H33N5O4S. The number of amides is 2. The molecule has 3 aliphatic heterocycles. The van der Waals surface area contributed by atoms with Gasteiger partial charge in [-0.2, -0.15) is 0 Å². The lowest BCUT2D eigenvalue weighted by molar-refractivity contribution is -0.125. The number of nitrogens with one attached hydrogen (secondary N) is 1. The summed E-state index contributed by atoms with van der Waals surface area (Å²) >= 11 is 0. The highest BCUT2D eigenvalue weighted by Gasteiger charge is 2.40. The fourth-order valence-corrected chi connectivity index (χ4v) is 5.75. The van der Waals surface area contributed by atoms with Gasteiger partial charge in [0.25, 0.3) is 0 Å². The molecule has 0 radical (unpaired) electrons. The number of likely N-dealkylation sites (tertiary alicyclic amines) is 1. The first-order chi connectivity index (χ1) is 15.3. The van der Waals surface area contributed by atoms with Gasteiger partial charge in [-0.25, -0.2) is 12.7 Å². The summed E-state index contributed by atoms with van der Waals surface area (Å²) < 4.78 is 26.6. The summed E-state index contributed by atoms with van der Waals surface area (Å²) in [4.78, 5) is 32.1. The Kier molecular flexibility index (Phi) is 6.73. The fourth-order valence-electron chi connectivity index (χ4n) is 4.83. The molecule has 0 saturated carbocycles. The van der Waals surface area contributed by atoms with Crippen molar-refractivity contribution in [3.8, 4) is 0 Å². The topological polar surface area (TPSA) is 93.3 Å². The molecule has 10 heteroatoms. The molecule has 4 rings (SSSR count). The zero-order valence-electron chi connectivity index (χ0n) is 18.9. The van der Waals surface area contributed by atoms with Crippen LogP contribution >= 0.6 is 0 Å². The Hall–Kier alpha value is -2.17. The van der Waals surface area contributed by atoms with Gasteiger partial charge in [0.05, 0.1) is 16.3 Å². The second kappa shape index (κ2) is 9.36. The molecule has 3 heterocycles. The third-order valence-electron chi connectivity index (χ3n) is 6.63. The number of fused-ring (bicyclic) bond motifs is 3. The maximum Gasteiger partial charge on any atom is 0.250 e. The number of carbonyl (C=O) groups excluding carboxylic acids is 2. The average Bonchev–Trinajstić information content (AvgIpc) is 3.29. The molecule has 176 valence electrons. The third kappa shape index (κ3) is 4.49. The van der Waals surface area contributed by atoms with Gasteiger partial charge in [0.1, 0.15) is 12.6 Å². The van der Waals surface area contributed by atoms with Gasteiger partial charge < -0.3 is 15.1 Å². The van der Waals surface area contributed by atoms with Crippen LogP contribution in [0.4, 0.5) is 11.4 Å². The van der Waals surface area contributed by atoms with Crippen LogP contribution in [0, 0.1) is 0 Å². The number of hydrogen-bond donors (Lipinski definition) is 1. The number of hydrogen-bond acceptors (Lipinski definition) is 6. The van der Waals surface area contributed by atoms with E-state index in [9.17, 15) is 18.0 Å². The average molecular weight is 464 g/mol. The Morgan fingerprint density at radius 3 is 2.53 bits per heavy atom. The van der Waals surface area contributed by atoms with Gasteiger partial charge in [-0.15, -0.1) is 0 Å². The van der Waals surface area contributed by atoms with E-state index in [0.29, 0.717) is 12.2 Å². The zero-order valence-corrected chi connectivity index (χ0v) is 19.7. The molecule has 2 saturated heterocycles. The molecule has 32 heavy (non-hydrogen) atoms. The van der Waals surface area contributed by atoms with Gasteiger partial charge in [-0.05, 0) is 63.4 Å². The maximum absolute atomic E-state index is 13.4. The minimum atomic E-state index is -3.66. The van der Waals surface area contributed by atoms with Crippen molar-refractivity contribution in [3.05, 3.63) is 18.2 Å².